The second-order valence-electron chi connectivity index (χ2n) is 5.84. The number of aryl methyl sites for hydroxylation is 1. The predicted octanol–water partition coefficient (Wildman–Crippen LogP) is 3.85. The molecule has 2 aromatic rings. The summed E-state index contributed by atoms with van der Waals surface area (Å²) in [6, 6.07) is 11.9. The number of rotatable bonds is 7. The van der Waals surface area contributed by atoms with Gasteiger partial charge in [0.05, 0.1) is 9.83 Å². The molecule has 1 N–H and O–H groups in total. The number of hydrogen-bond donors (Lipinski definition) is 1. The monoisotopic (exact) mass is 416 g/mol. The lowest BCUT2D eigenvalue weighted by Crippen LogP contribution is -2.17. The van der Waals surface area contributed by atoms with Gasteiger partial charge in [-0.1, -0.05) is 36.1 Å². The van der Waals surface area contributed by atoms with E-state index in [0.29, 0.717) is 27.1 Å². The van der Waals surface area contributed by atoms with Crippen molar-refractivity contribution in [3.8, 4) is 11.5 Å². The van der Waals surface area contributed by atoms with E-state index in [0.717, 1.165) is 23.1 Å². The van der Waals surface area contributed by atoms with Gasteiger partial charge >= 0.3 is 0 Å². The molecule has 1 saturated heterocycles. The molecule has 144 valence electrons. The van der Waals surface area contributed by atoms with Crippen molar-refractivity contribution in [2.75, 3.05) is 13.2 Å². The molecule has 1 amide bonds. The van der Waals surface area contributed by atoms with E-state index in [1.807, 2.05) is 31.2 Å². The van der Waals surface area contributed by atoms with Gasteiger partial charge in [-0.05, 0) is 36.8 Å². The molecule has 2 aromatic carbocycles. The van der Waals surface area contributed by atoms with Crippen molar-refractivity contribution < 1.29 is 19.2 Å². The molecule has 0 aliphatic carbocycles. The molecule has 9 heteroatoms. The van der Waals surface area contributed by atoms with Crippen LogP contribution in [0.3, 0.4) is 0 Å². The number of hydrogen-bond acceptors (Lipinski definition) is 7. The predicted molar refractivity (Wildman–Crippen MR) is 112 cm³/mol. The van der Waals surface area contributed by atoms with Gasteiger partial charge in [0, 0.05) is 17.7 Å². The number of carbonyl (C=O) groups is 1. The summed E-state index contributed by atoms with van der Waals surface area (Å²) >= 11 is 6.07. The van der Waals surface area contributed by atoms with E-state index < -0.39 is 4.92 Å². The Morgan fingerprint density at radius 3 is 2.68 bits per heavy atom. The molecule has 1 aliphatic rings. The largest absolute Gasteiger partial charge is 0.490 e. The fourth-order valence-electron chi connectivity index (χ4n) is 2.47. The first-order chi connectivity index (χ1) is 13.4. The van der Waals surface area contributed by atoms with E-state index in [2.05, 4.69) is 5.32 Å². The number of non-ortho nitro benzene ring substituents is 1. The maximum atomic E-state index is 11.9. The van der Waals surface area contributed by atoms with Gasteiger partial charge in [0.1, 0.15) is 29.0 Å². The number of nitrogens with one attached hydrogen (secondary N) is 1. The molecular weight excluding hydrogens is 400 g/mol. The Balaban J connectivity index is 1.72. The Labute approximate surface area is 170 Å². The lowest BCUT2D eigenvalue weighted by molar-refractivity contribution is -0.384. The first-order valence-electron chi connectivity index (χ1n) is 8.28. The van der Waals surface area contributed by atoms with Crippen molar-refractivity contribution in [1.82, 2.24) is 5.32 Å². The molecule has 0 spiro atoms. The van der Waals surface area contributed by atoms with E-state index in [9.17, 15) is 14.9 Å². The van der Waals surface area contributed by atoms with Gasteiger partial charge in [-0.15, -0.1) is 0 Å². The maximum absolute atomic E-state index is 11.9. The molecule has 1 heterocycles. The summed E-state index contributed by atoms with van der Waals surface area (Å²) in [5, 5.41) is 13.6. The minimum atomic E-state index is -0.501. The summed E-state index contributed by atoms with van der Waals surface area (Å²) in [6.45, 7) is 2.51. The van der Waals surface area contributed by atoms with Crippen LogP contribution in [0.2, 0.25) is 0 Å². The minimum Gasteiger partial charge on any atom is -0.490 e. The van der Waals surface area contributed by atoms with Crippen molar-refractivity contribution in [3.63, 3.8) is 0 Å². The first kappa shape index (κ1) is 19.8. The number of nitro benzene ring substituents is 1. The summed E-state index contributed by atoms with van der Waals surface area (Å²) in [6.07, 6.45) is 1.53. The fourth-order valence-corrected chi connectivity index (χ4v) is 3.51. The average molecular weight is 416 g/mol. The van der Waals surface area contributed by atoms with Gasteiger partial charge in [0.25, 0.3) is 11.6 Å². The van der Waals surface area contributed by atoms with E-state index in [4.69, 9.17) is 21.7 Å². The van der Waals surface area contributed by atoms with Crippen LogP contribution in [-0.2, 0) is 4.79 Å². The van der Waals surface area contributed by atoms with Crippen LogP contribution in [0.4, 0.5) is 5.69 Å². The third-order valence-corrected chi connectivity index (χ3v) is 4.89. The highest BCUT2D eigenvalue weighted by Gasteiger charge is 2.23. The molecule has 1 fully saturated rings. The van der Waals surface area contributed by atoms with Crippen molar-refractivity contribution in [1.29, 1.82) is 0 Å². The Morgan fingerprint density at radius 1 is 1.21 bits per heavy atom. The Kier molecular flexibility index (Phi) is 6.27. The molecule has 0 saturated carbocycles. The van der Waals surface area contributed by atoms with E-state index in [-0.39, 0.29) is 18.2 Å². The highest BCUT2D eigenvalue weighted by Crippen LogP contribution is 2.31. The summed E-state index contributed by atoms with van der Waals surface area (Å²) < 4.78 is 11.7. The standard InChI is InChI=1S/C19H16N2O5S2/c1-12-3-2-4-15(9-12)25-7-8-26-16-6-5-14(21(23)24)10-13(16)11-17-18(22)20-19(27)28-17/h2-6,9-11H,7-8H2,1H3,(H,20,22,27). The van der Waals surface area contributed by atoms with Gasteiger partial charge in [0.15, 0.2) is 0 Å². The summed E-state index contributed by atoms with van der Waals surface area (Å²) in [5.41, 5.74) is 1.42. The van der Waals surface area contributed by atoms with Crippen LogP contribution in [0.25, 0.3) is 6.08 Å². The van der Waals surface area contributed by atoms with Crippen LogP contribution in [0.1, 0.15) is 11.1 Å². The lowest BCUT2D eigenvalue weighted by atomic mass is 10.1. The molecule has 3 rings (SSSR count). The molecule has 28 heavy (non-hydrogen) atoms. The summed E-state index contributed by atoms with van der Waals surface area (Å²) in [4.78, 5) is 22.8. The number of ether oxygens (including phenoxy) is 2. The van der Waals surface area contributed by atoms with Gasteiger partial charge in [-0.3, -0.25) is 14.9 Å². The zero-order valence-corrected chi connectivity index (χ0v) is 16.5. The minimum absolute atomic E-state index is 0.0961. The smallest absolute Gasteiger partial charge is 0.270 e. The van der Waals surface area contributed by atoms with Crippen LogP contribution in [0, 0.1) is 17.0 Å². The van der Waals surface area contributed by atoms with Gasteiger partial charge < -0.3 is 14.8 Å². The molecule has 0 atom stereocenters. The number of thiocarbonyl (C=S) groups is 1. The zero-order valence-electron chi connectivity index (χ0n) is 14.8. The van der Waals surface area contributed by atoms with Crippen molar-refractivity contribution in [2.24, 2.45) is 0 Å². The topological polar surface area (TPSA) is 90.7 Å². The number of nitrogens with zero attached hydrogens (tertiary/aromatic N) is 1. The van der Waals surface area contributed by atoms with E-state index in [1.54, 1.807) is 0 Å². The van der Waals surface area contributed by atoms with Crippen LogP contribution < -0.4 is 14.8 Å². The normalized spacial score (nSPS) is 14.8. The average Bonchev–Trinajstić information content (AvgIpc) is 2.96. The highest BCUT2D eigenvalue weighted by molar-refractivity contribution is 8.26. The van der Waals surface area contributed by atoms with Crippen LogP contribution in [-0.4, -0.2) is 28.4 Å². The van der Waals surface area contributed by atoms with Crippen molar-refractivity contribution >= 4 is 46.0 Å². The molecule has 0 aromatic heterocycles. The third-order valence-electron chi connectivity index (χ3n) is 3.73. The first-order valence-corrected chi connectivity index (χ1v) is 9.50. The van der Waals surface area contributed by atoms with Crippen molar-refractivity contribution in [2.45, 2.75) is 6.92 Å². The number of carbonyl (C=O) groups excluding carboxylic acids is 1. The maximum Gasteiger partial charge on any atom is 0.270 e. The lowest BCUT2D eigenvalue weighted by Gasteiger charge is -2.11. The number of nitro groups is 1. The second-order valence-corrected chi connectivity index (χ2v) is 7.56. The number of amides is 1. The molecule has 0 bridgehead atoms. The van der Waals surface area contributed by atoms with Crippen molar-refractivity contribution in [3.05, 3.63) is 68.6 Å². The molecule has 0 radical (unpaired) electrons. The zero-order chi connectivity index (χ0) is 20.1. The fraction of sp³-hybridized carbons (Fsp3) is 0.158. The Hall–Kier alpha value is -2.91. The highest BCUT2D eigenvalue weighted by atomic mass is 32.2. The molecular formula is C19H16N2O5S2. The number of thioether (sulfide) groups is 1. The van der Waals surface area contributed by atoms with Gasteiger partial charge in [-0.25, -0.2) is 0 Å². The summed E-state index contributed by atoms with van der Waals surface area (Å²) in [7, 11) is 0. The molecule has 7 nitrogen and oxygen atoms in total. The van der Waals surface area contributed by atoms with Gasteiger partial charge in [0.2, 0.25) is 0 Å². The molecule has 0 unspecified atom stereocenters. The third kappa shape index (κ3) is 5.08. The summed E-state index contributed by atoms with van der Waals surface area (Å²) in [5.74, 6) is 0.814. The van der Waals surface area contributed by atoms with Crippen LogP contribution in [0.5, 0.6) is 11.5 Å². The quantitative estimate of drug-likeness (QED) is 0.241. The number of benzene rings is 2. The SMILES string of the molecule is Cc1cccc(OCCOc2ccc([N+](=O)[O-])cc2C=C2SC(=S)NC2=O)c1. The van der Waals surface area contributed by atoms with Crippen LogP contribution >= 0.6 is 24.0 Å². The Morgan fingerprint density at radius 2 is 2.00 bits per heavy atom. The Bertz CT molecular complexity index is 975. The van der Waals surface area contributed by atoms with E-state index in [1.165, 1.54) is 24.3 Å². The second kappa shape index (κ2) is 8.85. The van der Waals surface area contributed by atoms with Crippen LogP contribution in [0.15, 0.2) is 47.4 Å². The van der Waals surface area contributed by atoms with Gasteiger partial charge in [-0.2, -0.15) is 0 Å². The van der Waals surface area contributed by atoms with E-state index >= 15 is 0 Å². The molecule has 1 aliphatic heterocycles.